The van der Waals surface area contributed by atoms with Gasteiger partial charge in [-0.25, -0.2) is 18.7 Å². The van der Waals surface area contributed by atoms with Crippen molar-refractivity contribution in [3.8, 4) is 11.1 Å². The van der Waals surface area contributed by atoms with Crippen LogP contribution in [0.2, 0.25) is 0 Å². The zero-order chi connectivity index (χ0) is 15.7. The van der Waals surface area contributed by atoms with Crippen molar-refractivity contribution in [3.63, 3.8) is 0 Å². The maximum absolute atomic E-state index is 14.3. The second-order valence-electron chi connectivity index (χ2n) is 5.26. The average Bonchev–Trinajstić information content (AvgIpc) is 2.47. The van der Waals surface area contributed by atoms with Gasteiger partial charge in [0.15, 0.2) is 5.17 Å². The minimum atomic E-state index is -0.794. The summed E-state index contributed by atoms with van der Waals surface area (Å²) in [5.74, 6) is -0.530. The van der Waals surface area contributed by atoms with E-state index < -0.39 is 17.2 Å². The van der Waals surface area contributed by atoms with Crippen LogP contribution in [0.1, 0.15) is 18.9 Å². The van der Waals surface area contributed by atoms with Gasteiger partial charge in [-0.1, -0.05) is 11.8 Å². The highest BCUT2D eigenvalue weighted by Crippen LogP contribution is 2.38. The first-order chi connectivity index (χ1) is 10.5. The Bertz CT molecular complexity index is 736. The normalized spacial score (nSPS) is 21.5. The molecule has 0 bridgehead atoms. The number of benzene rings is 1. The third-order valence-electron chi connectivity index (χ3n) is 3.70. The van der Waals surface area contributed by atoms with E-state index in [1.165, 1.54) is 36.5 Å². The first-order valence-corrected chi connectivity index (χ1v) is 7.71. The number of halogens is 2. The number of thioether (sulfide) groups is 1. The van der Waals surface area contributed by atoms with Crippen molar-refractivity contribution in [1.29, 1.82) is 0 Å². The van der Waals surface area contributed by atoms with E-state index in [1.54, 1.807) is 6.92 Å². The Morgan fingerprint density at radius 3 is 2.59 bits per heavy atom. The summed E-state index contributed by atoms with van der Waals surface area (Å²) >= 11 is 1.44. The van der Waals surface area contributed by atoms with Crippen LogP contribution in [0.25, 0.3) is 11.1 Å². The molecule has 0 aliphatic carbocycles. The summed E-state index contributed by atoms with van der Waals surface area (Å²) in [6.07, 6.45) is 4.97. The van der Waals surface area contributed by atoms with E-state index in [-0.39, 0.29) is 5.56 Å². The zero-order valence-corrected chi connectivity index (χ0v) is 12.7. The molecule has 0 radical (unpaired) electrons. The molecule has 2 heterocycles. The second-order valence-corrected chi connectivity index (χ2v) is 6.38. The van der Waals surface area contributed by atoms with Crippen molar-refractivity contribution < 1.29 is 8.78 Å². The van der Waals surface area contributed by atoms with Gasteiger partial charge in [-0.15, -0.1) is 0 Å². The fourth-order valence-corrected chi connectivity index (χ4v) is 3.48. The molecule has 0 saturated heterocycles. The van der Waals surface area contributed by atoms with Gasteiger partial charge in [-0.3, -0.25) is 4.99 Å². The van der Waals surface area contributed by atoms with Crippen LogP contribution in [0.4, 0.5) is 8.78 Å². The molecule has 1 aliphatic heterocycles. The molecule has 1 unspecified atom stereocenters. The summed E-state index contributed by atoms with van der Waals surface area (Å²) in [6.45, 7) is 1.81. The Morgan fingerprint density at radius 1 is 1.18 bits per heavy atom. The fraction of sp³-hybridized carbons (Fsp3) is 0.267. The third-order valence-corrected chi connectivity index (χ3v) is 4.50. The van der Waals surface area contributed by atoms with Gasteiger partial charge in [-0.2, -0.15) is 0 Å². The lowest BCUT2D eigenvalue weighted by molar-refractivity contribution is 0.447. The van der Waals surface area contributed by atoms with Gasteiger partial charge in [0.2, 0.25) is 0 Å². The van der Waals surface area contributed by atoms with Gasteiger partial charge < -0.3 is 5.73 Å². The summed E-state index contributed by atoms with van der Waals surface area (Å²) < 4.78 is 28.4. The lowest BCUT2D eigenvalue weighted by Crippen LogP contribution is -2.29. The van der Waals surface area contributed by atoms with E-state index in [2.05, 4.69) is 15.0 Å². The van der Waals surface area contributed by atoms with Gasteiger partial charge in [0.1, 0.15) is 18.0 Å². The predicted octanol–water partition coefficient (Wildman–Crippen LogP) is 3.09. The molecule has 0 fully saturated rings. The monoisotopic (exact) mass is 320 g/mol. The van der Waals surface area contributed by atoms with Crippen LogP contribution in [0.5, 0.6) is 0 Å². The highest BCUT2D eigenvalue weighted by molar-refractivity contribution is 8.13. The van der Waals surface area contributed by atoms with E-state index in [1.807, 2.05) is 0 Å². The Morgan fingerprint density at radius 2 is 1.91 bits per heavy atom. The van der Waals surface area contributed by atoms with Crippen LogP contribution in [0.15, 0.2) is 35.8 Å². The summed E-state index contributed by atoms with van der Waals surface area (Å²) in [4.78, 5) is 12.1. The van der Waals surface area contributed by atoms with Gasteiger partial charge in [-0.05, 0) is 19.4 Å². The fourth-order valence-electron chi connectivity index (χ4n) is 2.50. The lowest BCUT2D eigenvalue weighted by atomic mass is 9.87. The number of nitrogens with two attached hydrogens (primary N) is 1. The molecule has 114 valence electrons. The molecular weight excluding hydrogens is 306 g/mol. The topological polar surface area (TPSA) is 64.2 Å². The maximum Gasteiger partial charge on any atom is 0.154 e. The van der Waals surface area contributed by atoms with E-state index in [9.17, 15) is 8.78 Å². The molecule has 22 heavy (non-hydrogen) atoms. The molecule has 0 spiro atoms. The Hall–Kier alpha value is -2.02. The second kappa shape index (κ2) is 5.64. The molecular formula is C15H14F2N4S. The number of hydrogen-bond donors (Lipinski definition) is 1. The van der Waals surface area contributed by atoms with E-state index in [0.717, 1.165) is 11.8 Å². The summed E-state index contributed by atoms with van der Waals surface area (Å²) in [6, 6.07) is 2.37. The summed E-state index contributed by atoms with van der Waals surface area (Å²) in [5, 5.41) is 0.419. The summed E-state index contributed by atoms with van der Waals surface area (Å²) in [5.41, 5.74) is 6.06. The SMILES string of the molecule is CC1(c2cc(-c3cncnc3)c(F)cc2F)CCSC(N)=N1. The number of aliphatic imine (C=N–C) groups is 1. The maximum atomic E-state index is 14.3. The molecule has 1 atom stereocenters. The molecule has 0 amide bonds. The highest BCUT2D eigenvalue weighted by atomic mass is 32.2. The van der Waals surface area contributed by atoms with Crippen LogP contribution in [-0.4, -0.2) is 20.9 Å². The highest BCUT2D eigenvalue weighted by Gasteiger charge is 2.33. The number of hydrogen-bond acceptors (Lipinski definition) is 5. The van der Waals surface area contributed by atoms with Gasteiger partial charge in [0.25, 0.3) is 0 Å². The molecule has 1 aromatic carbocycles. The zero-order valence-electron chi connectivity index (χ0n) is 11.9. The van der Waals surface area contributed by atoms with Gasteiger partial charge >= 0.3 is 0 Å². The first-order valence-electron chi connectivity index (χ1n) is 6.73. The van der Waals surface area contributed by atoms with Crippen LogP contribution in [-0.2, 0) is 5.54 Å². The summed E-state index contributed by atoms with van der Waals surface area (Å²) in [7, 11) is 0. The number of aromatic nitrogens is 2. The van der Waals surface area contributed by atoms with Crippen molar-refractivity contribution in [2.75, 3.05) is 5.75 Å². The van der Waals surface area contributed by atoms with Crippen LogP contribution in [0, 0.1) is 11.6 Å². The van der Waals surface area contributed by atoms with Crippen molar-refractivity contribution in [2.24, 2.45) is 10.7 Å². The number of amidine groups is 1. The van der Waals surface area contributed by atoms with E-state index >= 15 is 0 Å². The molecule has 7 heteroatoms. The quantitative estimate of drug-likeness (QED) is 0.923. The molecule has 2 aromatic rings. The average molecular weight is 320 g/mol. The smallest absolute Gasteiger partial charge is 0.154 e. The van der Waals surface area contributed by atoms with Crippen LogP contribution >= 0.6 is 11.8 Å². The van der Waals surface area contributed by atoms with E-state index in [0.29, 0.717) is 22.7 Å². The van der Waals surface area contributed by atoms with Crippen molar-refractivity contribution in [3.05, 3.63) is 48.1 Å². The molecule has 4 nitrogen and oxygen atoms in total. The van der Waals surface area contributed by atoms with Gasteiger partial charge in [0, 0.05) is 40.9 Å². The van der Waals surface area contributed by atoms with Crippen molar-refractivity contribution >= 4 is 16.9 Å². The first kappa shape index (κ1) is 14.9. The minimum absolute atomic E-state index is 0.255. The number of nitrogens with zero attached hydrogens (tertiary/aromatic N) is 3. The Balaban J connectivity index is 2.15. The van der Waals surface area contributed by atoms with Crippen molar-refractivity contribution in [1.82, 2.24) is 9.97 Å². The third kappa shape index (κ3) is 2.68. The molecule has 1 aromatic heterocycles. The lowest BCUT2D eigenvalue weighted by Gasteiger charge is -2.30. The van der Waals surface area contributed by atoms with E-state index in [4.69, 9.17) is 5.73 Å². The molecule has 2 N–H and O–H groups in total. The Labute approximate surface area is 130 Å². The van der Waals surface area contributed by atoms with Crippen LogP contribution in [0.3, 0.4) is 0 Å². The molecule has 0 saturated carbocycles. The Kier molecular flexibility index (Phi) is 3.82. The minimum Gasteiger partial charge on any atom is -0.379 e. The van der Waals surface area contributed by atoms with Gasteiger partial charge in [0.05, 0.1) is 5.54 Å². The standard InChI is InChI=1S/C15H14F2N4S/c1-15(2-3-22-14(18)21-15)11-4-10(12(16)5-13(11)17)9-6-19-8-20-7-9/h4-8H,2-3H2,1H3,(H2,18,21). The molecule has 1 aliphatic rings. The predicted molar refractivity (Wildman–Crippen MR) is 83.4 cm³/mol. The molecule has 3 rings (SSSR count). The number of rotatable bonds is 2. The van der Waals surface area contributed by atoms with Crippen LogP contribution < -0.4 is 5.73 Å². The largest absolute Gasteiger partial charge is 0.379 e. The van der Waals surface area contributed by atoms with Crippen molar-refractivity contribution in [2.45, 2.75) is 18.9 Å².